The molecule has 3 rings (SSSR count). The second kappa shape index (κ2) is 7.17. The Hall–Kier alpha value is -2.50. The van der Waals surface area contributed by atoms with Crippen molar-refractivity contribution < 1.29 is 13.6 Å². The van der Waals surface area contributed by atoms with Crippen LogP contribution in [0.15, 0.2) is 30.5 Å². The second-order valence-corrected chi connectivity index (χ2v) is 6.30. The Bertz CT molecular complexity index is 794. The monoisotopic (exact) mass is 345 g/mol. The summed E-state index contributed by atoms with van der Waals surface area (Å²) in [6.45, 7) is 3.04. The van der Waals surface area contributed by atoms with Gasteiger partial charge in [0, 0.05) is 25.4 Å². The van der Waals surface area contributed by atoms with E-state index in [9.17, 15) is 13.6 Å². The normalized spacial score (nSPS) is 14.0. The lowest BCUT2D eigenvalue weighted by molar-refractivity contribution is -0.117. The van der Waals surface area contributed by atoms with Gasteiger partial charge in [-0.25, -0.2) is 13.8 Å². The largest absolute Gasteiger partial charge is 0.349 e. The maximum absolute atomic E-state index is 13.5. The summed E-state index contributed by atoms with van der Waals surface area (Å²) in [5, 5.41) is 0. The fourth-order valence-electron chi connectivity index (χ4n) is 3.03. The number of fused-ring (bicyclic) bond motifs is 1. The van der Waals surface area contributed by atoms with Crippen LogP contribution in [-0.4, -0.2) is 31.0 Å². The van der Waals surface area contributed by atoms with E-state index in [-0.39, 0.29) is 12.5 Å². The van der Waals surface area contributed by atoms with E-state index < -0.39 is 11.6 Å². The van der Waals surface area contributed by atoms with Crippen LogP contribution in [0.25, 0.3) is 11.1 Å². The predicted octanol–water partition coefficient (Wildman–Crippen LogP) is 4.00. The highest BCUT2D eigenvalue weighted by atomic mass is 19.2. The molecule has 0 saturated heterocycles. The SMILES string of the molecule is CCCCCN1C(=O)CN(C)c2ncc(-c3ccc(F)c(F)c3)cc21. The van der Waals surface area contributed by atoms with Gasteiger partial charge in [-0.3, -0.25) is 4.79 Å². The molecule has 4 nitrogen and oxygen atoms in total. The first-order chi connectivity index (χ1) is 12.0. The topological polar surface area (TPSA) is 36.4 Å². The molecule has 6 heteroatoms. The summed E-state index contributed by atoms with van der Waals surface area (Å²) < 4.78 is 26.7. The van der Waals surface area contributed by atoms with Crippen molar-refractivity contribution in [2.75, 3.05) is 29.9 Å². The van der Waals surface area contributed by atoms with E-state index in [0.29, 0.717) is 17.7 Å². The third kappa shape index (κ3) is 3.48. The fourth-order valence-corrected chi connectivity index (χ4v) is 3.03. The van der Waals surface area contributed by atoms with Crippen LogP contribution in [0.1, 0.15) is 26.2 Å². The van der Waals surface area contributed by atoms with Gasteiger partial charge in [0.25, 0.3) is 0 Å². The molecule has 25 heavy (non-hydrogen) atoms. The summed E-state index contributed by atoms with van der Waals surface area (Å²) in [6.07, 6.45) is 4.66. The molecule has 1 aliphatic rings. The van der Waals surface area contributed by atoms with Crippen molar-refractivity contribution in [2.24, 2.45) is 0 Å². The number of anilines is 2. The number of unbranched alkanes of at least 4 members (excludes halogenated alkanes) is 2. The Morgan fingerprint density at radius 2 is 1.92 bits per heavy atom. The molecule has 1 amide bonds. The Labute approximate surface area is 146 Å². The number of carbonyl (C=O) groups is 1. The molecule has 0 unspecified atom stereocenters. The van der Waals surface area contributed by atoms with Crippen molar-refractivity contribution in [3.8, 4) is 11.1 Å². The first-order valence-electron chi connectivity index (χ1n) is 8.48. The third-order valence-electron chi connectivity index (χ3n) is 4.41. The van der Waals surface area contributed by atoms with Gasteiger partial charge < -0.3 is 9.80 Å². The molecule has 1 aromatic carbocycles. The maximum atomic E-state index is 13.5. The van der Waals surface area contributed by atoms with Crippen LogP contribution in [0.4, 0.5) is 20.3 Å². The number of nitrogens with zero attached hydrogens (tertiary/aromatic N) is 3. The molecule has 0 atom stereocenters. The molecule has 132 valence electrons. The molecule has 0 spiro atoms. The zero-order valence-corrected chi connectivity index (χ0v) is 14.4. The van der Waals surface area contributed by atoms with Crippen molar-refractivity contribution in [3.05, 3.63) is 42.1 Å². The van der Waals surface area contributed by atoms with E-state index in [0.717, 1.165) is 42.9 Å². The zero-order chi connectivity index (χ0) is 18.0. The number of aromatic nitrogens is 1. The molecule has 0 bridgehead atoms. The van der Waals surface area contributed by atoms with E-state index in [2.05, 4.69) is 11.9 Å². The molecule has 0 radical (unpaired) electrons. The maximum Gasteiger partial charge on any atom is 0.246 e. The molecule has 1 aromatic heterocycles. The van der Waals surface area contributed by atoms with Crippen LogP contribution in [0.5, 0.6) is 0 Å². The lowest BCUT2D eigenvalue weighted by Crippen LogP contribution is -2.45. The molecule has 0 saturated carbocycles. The van der Waals surface area contributed by atoms with Gasteiger partial charge in [0.2, 0.25) is 5.91 Å². The molecular weight excluding hydrogens is 324 g/mol. The van der Waals surface area contributed by atoms with Crippen LogP contribution in [0.2, 0.25) is 0 Å². The van der Waals surface area contributed by atoms with Gasteiger partial charge >= 0.3 is 0 Å². The molecule has 0 N–H and O–H groups in total. The van der Waals surface area contributed by atoms with E-state index in [4.69, 9.17) is 0 Å². The second-order valence-electron chi connectivity index (χ2n) is 6.30. The average Bonchev–Trinajstić information content (AvgIpc) is 2.60. The van der Waals surface area contributed by atoms with E-state index >= 15 is 0 Å². The summed E-state index contributed by atoms with van der Waals surface area (Å²) in [4.78, 5) is 20.5. The Morgan fingerprint density at radius 3 is 2.64 bits per heavy atom. The van der Waals surface area contributed by atoms with Gasteiger partial charge in [-0.1, -0.05) is 25.8 Å². The highest BCUT2D eigenvalue weighted by Crippen LogP contribution is 2.35. The molecule has 2 aromatic rings. The van der Waals surface area contributed by atoms with Gasteiger partial charge in [-0.2, -0.15) is 0 Å². The number of amides is 1. The summed E-state index contributed by atoms with van der Waals surface area (Å²) in [7, 11) is 1.82. The Kier molecular flexibility index (Phi) is 4.97. The lowest BCUT2D eigenvalue weighted by Gasteiger charge is -2.34. The van der Waals surface area contributed by atoms with E-state index in [1.54, 1.807) is 11.1 Å². The molecule has 0 fully saturated rings. The minimum absolute atomic E-state index is 0.0235. The minimum atomic E-state index is -0.900. The number of benzene rings is 1. The molecular formula is C19H21F2N3O. The Balaban J connectivity index is 1.99. The average molecular weight is 345 g/mol. The smallest absolute Gasteiger partial charge is 0.246 e. The van der Waals surface area contributed by atoms with E-state index in [1.165, 1.54) is 6.07 Å². The number of rotatable bonds is 5. The molecule has 2 heterocycles. The number of hydrogen-bond donors (Lipinski definition) is 0. The number of hydrogen-bond acceptors (Lipinski definition) is 3. The van der Waals surface area contributed by atoms with E-state index in [1.807, 2.05) is 18.0 Å². The number of carbonyl (C=O) groups excluding carboxylic acids is 1. The fraction of sp³-hybridized carbons (Fsp3) is 0.368. The standard InChI is InChI=1S/C19H21F2N3O/c1-3-4-5-8-24-17-10-14(13-6-7-15(20)16(21)9-13)11-22-19(17)23(2)12-18(24)25/h6-7,9-11H,3-5,8,12H2,1-2H3. The lowest BCUT2D eigenvalue weighted by atomic mass is 10.1. The molecule has 1 aliphatic heterocycles. The van der Waals surface area contributed by atoms with Gasteiger partial charge in [0.1, 0.15) is 0 Å². The van der Waals surface area contributed by atoms with Crippen molar-refractivity contribution in [2.45, 2.75) is 26.2 Å². The zero-order valence-electron chi connectivity index (χ0n) is 14.4. The number of likely N-dealkylation sites (N-methyl/N-ethyl adjacent to an activating group) is 1. The van der Waals surface area contributed by atoms with Gasteiger partial charge in [0.05, 0.1) is 12.2 Å². The summed E-state index contributed by atoms with van der Waals surface area (Å²) in [6, 6.07) is 5.58. The number of pyridine rings is 1. The van der Waals surface area contributed by atoms with Crippen LogP contribution in [0.3, 0.4) is 0 Å². The van der Waals surface area contributed by atoms with Crippen molar-refractivity contribution in [1.29, 1.82) is 0 Å². The van der Waals surface area contributed by atoms with Crippen molar-refractivity contribution >= 4 is 17.4 Å². The van der Waals surface area contributed by atoms with Crippen molar-refractivity contribution in [1.82, 2.24) is 4.98 Å². The summed E-state index contributed by atoms with van der Waals surface area (Å²) >= 11 is 0. The van der Waals surface area contributed by atoms with Crippen LogP contribution < -0.4 is 9.80 Å². The number of halogens is 2. The summed E-state index contributed by atoms with van der Waals surface area (Å²) in [5.74, 6) is -1.04. The minimum Gasteiger partial charge on any atom is -0.349 e. The highest BCUT2D eigenvalue weighted by molar-refractivity contribution is 6.02. The Morgan fingerprint density at radius 1 is 1.12 bits per heavy atom. The van der Waals surface area contributed by atoms with Crippen LogP contribution in [0, 0.1) is 11.6 Å². The van der Waals surface area contributed by atoms with Crippen LogP contribution >= 0.6 is 0 Å². The van der Waals surface area contributed by atoms with Crippen molar-refractivity contribution in [3.63, 3.8) is 0 Å². The van der Waals surface area contributed by atoms with Crippen LogP contribution in [-0.2, 0) is 4.79 Å². The van der Waals surface area contributed by atoms with Gasteiger partial charge in [0.15, 0.2) is 17.5 Å². The third-order valence-corrected chi connectivity index (χ3v) is 4.41. The van der Waals surface area contributed by atoms with Gasteiger partial charge in [-0.15, -0.1) is 0 Å². The highest BCUT2D eigenvalue weighted by Gasteiger charge is 2.28. The molecule has 0 aliphatic carbocycles. The first kappa shape index (κ1) is 17.3. The first-order valence-corrected chi connectivity index (χ1v) is 8.48. The van der Waals surface area contributed by atoms with Gasteiger partial charge in [-0.05, 0) is 30.2 Å². The predicted molar refractivity (Wildman–Crippen MR) is 94.7 cm³/mol. The summed E-state index contributed by atoms with van der Waals surface area (Å²) in [5.41, 5.74) is 1.90. The quantitative estimate of drug-likeness (QED) is 0.769.